The molecule has 0 atom stereocenters. The monoisotopic (exact) mass is 303 g/mol. The van der Waals surface area contributed by atoms with E-state index in [9.17, 15) is 4.79 Å². The van der Waals surface area contributed by atoms with Gasteiger partial charge in [-0.3, -0.25) is 4.79 Å². The molecule has 0 bridgehead atoms. The Bertz CT molecular complexity index is 416. The van der Waals surface area contributed by atoms with Crippen molar-refractivity contribution >= 4 is 29.7 Å². The van der Waals surface area contributed by atoms with E-state index in [1.165, 1.54) is 24.2 Å². The lowest BCUT2D eigenvalue weighted by Crippen LogP contribution is -2.43. The van der Waals surface area contributed by atoms with Crippen molar-refractivity contribution in [1.29, 1.82) is 0 Å². The zero-order chi connectivity index (χ0) is 13.1. The lowest BCUT2D eigenvalue weighted by atomic mass is 10.1. The van der Waals surface area contributed by atoms with Crippen LogP contribution >= 0.6 is 23.7 Å². The average molecular weight is 304 g/mol. The van der Waals surface area contributed by atoms with Crippen LogP contribution in [-0.2, 0) is 6.54 Å². The highest BCUT2D eigenvalue weighted by Gasteiger charge is 2.30. The molecular weight excluding hydrogens is 282 g/mol. The van der Waals surface area contributed by atoms with E-state index < -0.39 is 0 Å². The Morgan fingerprint density at radius 1 is 1.53 bits per heavy atom. The molecule has 0 unspecified atom stereocenters. The summed E-state index contributed by atoms with van der Waals surface area (Å²) in [5, 5.41) is 2.66. The van der Waals surface area contributed by atoms with Crippen LogP contribution in [0.3, 0.4) is 0 Å². The number of carbonyl (C=O) groups excluding carboxylic acids is 1. The van der Waals surface area contributed by atoms with E-state index in [2.05, 4.69) is 18.8 Å². The highest BCUT2D eigenvalue weighted by atomic mass is 35.5. The topological polar surface area (TPSA) is 59.2 Å². The third-order valence-corrected chi connectivity index (χ3v) is 4.33. The summed E-state index contributed by atoms with van der Waals surface area (Å²) < 4.78 is 0. The number of aromatic nitrogens is 1. The van der Waals surface area contributed by atoms with Crippen LogP contribution in [0.25, 0.3) is 0 Å². The predicted molar refractivity (Wildman–Crippen MR) is 80.8 cm³/mol. The molecule has 0 saturated heterocycles. The molecule has 0 spiro atoms. The molecular formula is C13H22ClN3OS. The van der Waals surface area contributed by atoms with Crippen molar-refractivity contribution in [2.24, 2.45) is 5.73 Å². The van der Waals surface area contributed by atoms with Crippen molar-refractivity contribution in [3.63, 3.8) is 0 Å². The summed E-state index contributed by atoms with van der Waals surface area (Å²) in [6.45, 7) is 4.56. The molecule has 1 fully saturated rings. The average Bonchev–Trinajstić information content (AvgIpc) is 2.99. The lowest BCUT2D eigenvalue weighted by Gasteiger charge is -2.32. The second-order valence-electron chi connectivity index (χ2n) is 5.08. The Morgan fingerprint density at radius 2 is 2.16 bits per heavy atom. The third-order valence-electron chi connectivity index (χ3n) is 3.45. The van der Waals surface area contributed by atoms with E-state index in [0.717, 1.165) is 17.8 Å². The molecule has 2 rings (SSSR count). The Kier molecular flexibility index (Phi) is 6.23. The fraction of sp³-hybridized carbons (Fsp3) is 0.692. The maximum absolute atomic E-state index is 12.5. The number of amides is 1. The highest BCUT2D eigenvalue weighted by Crippen LogP contribution is 2.26. The van der Waals surface area contributed by atoms with Gasteiger partial charge in [0.05, 0.1) is 0 Å². The van der Waals surface area contributed by atoms with Crippen LogP contribution in [0.15, 0.2) is 5.38 Å². The van der Waals surface area contributed by atoms with E-state index in [1.54, 1.807) is 0 Å². The fourth-order valence-electron chi connectivity index (χ4n) is 2.64. The normalized spacial score (nSPS) is 15.6. The molecule has 0 radical (unpaired) electrons. The first-order valence-corrected chi connectivity index (χ1v) is 7.48. The largest absolute Gasteiger partial charge is 0.332 e. The number of nitrogens with two attached hydrogens (primary N) is 1. The number of carbonyl (C=O) groups is 1. The summed E-state index contributed by atoms with van der Waals surface area (Å²) in [6.07, 6.45) is 4.70. The van der Waals surface area contributed by atoms with Gasteiger partial charge in [-0.25, -0.2) is 4.98 Å². The van der Waals surface area contributed by atoms with Crippen molar-refractivity contribution in [2.45, 2.75) is 58.2 Å². The quantitative estimate of drug-likeness (QED) is 0.930. The standard InChI is InChI=1S/C13H21N3OS.ClH/c1-9(2)16(10-5-3-4-6-10)13(17)11-8-18-12(7-14)15-11;/h8-10H,3-7,14H2,1-2H3;1H. The molecule has 4 nitrogen and oxygen atoms in total. The first-order valence-electron chi connectivity index (χ1n) is 6.60. The zero-order valence-electron chi connectivity index (χ0n) is 11.5. The van der Waals surface area contributed by atoms with Crippen LogP contribution in [0, 0.1) is 0 Å². The van der Waals surface area contributed by atoms with Gasteiger partial charge in [-0.2, -0.15) is 0 Å². The highest BCUT2D eigenvalue weighted by molar-refractivity contribution is 7.09. The van der Waals surface area contributed by atoms with Gasteiger partial charge >= 0.3 is 0 Å². The molecule has 2 N–H and O–H groups in total. The predicted octanol–water partition coefficient (Wildman–Crippen LogP) is 2.82. The van der Waals surface area contributed by atoms with E-state index >= 15 is 0 Å². The summed E-state index contributed by atoms with van der Waals surface area (Å²) in [5.41, 5.74) is 6.10. The molecule has 1 amide bonds. The number of thiazole rings is 1. The van der Waals surface area contributed by atoms with E-state index in [-0.39, 0.29) is 24.4 Å². The second-order valence-corrected chi connectivity index (χ2v) is 6.02. The molecule has 1 heterocycles. The zero-order valence-corrected chi connectivity index (χ0v) is 13.1. The van der Waals surface area contributed by atoms with Crippen molar-refractivity contribution in [1.82, 2.24) is 9.88 Å². The van der Waals surface area contributed by atoms with Crippen molar-refractivity contribution < 1.29 is 4.79 Å². The van der Waals surface area contributed by atoms with Gasteiger partial charge in [0.1, 0.15) is 10.7 Å². The van der Waals surface area contributed by atoms with Gasteiger partial charge < -0.3 is 10.6 Å². The molecule has 1 saturated carbocycles. The SMILES string of the molecule is CC(C)N(C(=O)c1csc(CN)n1)C1CCCC1.Cl. The Hall–Kier alpha value is -0.650. The fourth-order valence-corrected chi connectivity index (χ4v) is 3.29. The minimum atomic E-state index is 0. The van der Waals surface area contributed by atoms with Gasteiger partial charge in [0.25, 0.3) is 5.91 Å². The summed E-state index contributed by atoms with van der Waals surface area (Å²) in [7, 11) is 0. The van der Waals surface area contributed by atoms with Gasteiger partial charge in [-0.1, -0.05) is 12.8 Å². The first-order chi connectivity index (χ1) is 8.63. The van der Waals surface area contributed by atoms with E-state index in [0.29, 0.717) is 18.3 Å². The van der Waals surface area contributed by atoms with Gasteiger partial charge in [-0.15, -0.1) is 23.7 Å². The Morgan fingerprint density at radius 3 is 2.63 bits per heavy atom. The second kappa shape index (κ2) is 7.22. The summed E-state index contributed by atoms with van der Waals surface area (Å²) in [6, 6.07) is 0.615. The van der Waals surface area contributed by atoms with Crippen LogP contribution in [-0.4, -0.2) is 27.9 Å². The maximum atomic E-state index is 12.5. The molecule has 1 aromatic heterocycles. The van der Waals surface area contributed by atoms with Gasteiger partial charge in [0.2, 0.25) is 0 Å². The van der Waals surface area contributed by atoms with Crippen LogP contribution in [0.5, 0.6) is 0 Å². The molecule has 19 heavy (non-hydrogen) atoms. The molecule has 1 aromatic rings. The molecule has 6 heteroatoms. The van der Waals surface area contributed by atoms with E-state index in [1.807, 2.05) is 10.3 Å². The number of hydrogen-bond acceptors (Lipinski definition) is 4. The Balaban J connectivity index is 0.00000180. The molecule has 1 aliphatic carbocycles. The van der Waals surface area contributed by atoms with Crippen LogP contribution in [0.2, 0.25) is 0 Å². The number of hydrogen-bond donors (Lipinski definition) is 1. The van der Waals surface area contributed by atoms with Gasteiger partial charge in [0.15, 0.2) is 0 Å². The van der Waals surface area contributed by atoms with Crippen molar-refractivity contribution in [3.05, 3.63) is 16.1 Å². The minimum Gasteiger partial charge on any atom is -0.332 e. The molecule has 0 aliphatic heterocycles. The van der Waals surface area contributed by atoms with E-state index in [4.69, 9.17) is 5.73 Å². The maximum Gasteiger partial charge on any atom is 0.273 e. The summed E-state index contributed by atoms with van der Waals surface area (Å²) >= 11 is 1.47. The summed E-state index contributed by atoms with van der Waals surface area (Å²) in [4.78, 5) is 18.8. The van der Waals surface area contributed by atoms with Crippen molar-refractivity contribution in [2.75, 3.05) is 0 Å². The lowest BCUT2D eigenvalue weighted by molar-refractivity contribution is 0.0608. The molecule has 1 aliphatic rings. The number of halogens is 1. The number of nitrogens with zero attached hydrogens (tertiary/aromatic N) is 2. The van der Waals surface area contributed by atoms with Gasteiger partial charge in [-0.05, 0) is 26.7 Å². The van der Waals surface area contributed by atoms with Crippen LogP contribution < -0.4 is 5.73 Å². The van der Waals surface area contributed by atoms with Gasteiger partial charge in [0, 0.05) is 24.0 Å². The Labute approximate surface area is 124 Å². The molecule has 108 valence electrons. The minimum absolute atomic E-state index is 0. The van der Waals surface area contributed by atoms with Crippen molar-refractivity contribution in [3.8, 4) is 0 Å². The van der Waals surface area contributed by atoms with Crippen LogP contribution in [0.4, 0.5) is 0 Å². The smallest absolute Gasteiger partial charge is 0.273 e. The first kappa shape index (κ1) is 16.4. The number of rotatable bonds is 4. The third kappa shape index (κ3) is 3.68. The van der Waals surface area contributed by atoms with Crippen LogP contribution in [0.1, 0.15) is 55.0 Å². The molecule has 0 aromatic carbocycles. The summed E-state index contributed by atoms with van der Waals surface area (Å²) in [5.74, 6) is 0.0628.